The molecule has 2 aromatic rings. The molecule has 0 saturated heterocycles. The quantitative estimate of drug-likeness (QED) is 0.636. The van der Waals surface area contributed by atoms with E-state index in [1.807, 2.05) is 6.92 Å². The molecule has 0 radical (unpaired) electrons. The van der Waals surface area contributed by atoms with Gasteiger partial charge < -0.3 is 4.74 Å². The van der Waals surface area contributed by atoms with Gasteiger partial charge in [0, 0.05) is 11.3 Å². The van der Waals surface area contributed by atoms with Crippen LogP contribution in [0.4, 0.5) is 0 Å². The largest absolute Gasteiger partial charge is 0.462 e. The smallest absolute Gasteiger partial charge is 0.343 e. The van der Waals surface area contributed by atoms with Crippen molar-refractivity contribution in [3.63, 3.8) is 0 Å². The fourth-order valence-corrected chi connectivity index (χ4v) is 3.77. The van der Waals surface area contributed by atoms with Crippen LogP contribution in [0.15, 0.2) is 0 Å². The summed E-state index contributed by atoms with van der Waals surface area (Å²) in [5.41, 5.74) is 3.44. The van der Waals surface area contributed by atoms with Crippen molar-refractivity contribution in [1.82, 2.24) is 14.6 Å². The molecule has 0 aliphatic heterocycles. The second-order valence-corrected chi connectivity index (χ2v) is 6.16. The van der Waals surface area contributed by atoms with Crippen molar-refractivity contribution in [3.05, 3.63) is 27.7 Å². The number of carbonyl (C=O) groups is 1. The van der Waals surface area contributed by atoms with E-state index < -0.39 is 5.97 Å². The molecular formula is C16H20ClN3O2. The van der Waals surface area contributed by atoms with E-state index in [2.05, 4.69) is 10.1 Å². The molecule has 2 aromatic heterocycles. The zero-order chi connectivity index (χ0) is 15.9. The summed E-state index contributed by atoms with van der Waals surface area (Å²) in [4.78, 5) is 16.8. The highest BCUT2D eigenvalue weighted by atomic mass is 35.5. The van der Waals surface area contributed by atoms with Gasteiger partial charge in [0.15, 0.2) is 5.65 Å². The predicted molar refractivity (Wildman–Crippen MR) is 84.6 cm³/mol. The molecule has 0 amide bonds. The van der Waals surface area contributed by atoms with Crippen LogP contribution in [0.5, 0.6) is 0 Å². The van der Waals surface area contributed by atoms with E-state index in [1.54, 1.807) is 18.4 Å². The van der Waals surface area contributed by atoms with Gasteiger partial charge in [-0.15, -0.1) is 0 Å². The Labute approximate surface area is 134 Å². The zero-order valence-electron chi connectivity index (χ0n) is 13.1. The molecule has 0 bridgehead atoms. The van der Waals surface area contributed by atoms with Gasteiger partial charge in [0.05, 0.1) is 12.3 Å². The van der Waals surface area contributed by atoms with Crippen LogP contribution in [0.25, 0.3) is 5.65 Å². The second-order valence-electron chi connectivity index (χ2n) is 5.80. The van der Waals surface area contributed by atoms with Crippen molar-refractivity contribution >= 4 is 23.2 Å². The van der Waals surface area contributed by atoms with Crippen LogP contribution in [0.1, 0.15) is 65.8 Å². The Morgan fingerprint density at radius 1 is 1.32 bits per heavy atom. The molecule has 22 heavy (non-hydrogen) atoms. The molecule has 6 heteroatoms. The Hall–Kier alpha value is -1.62. The fraction of sp³-hybridized carbons (Fsp3) is 0.562. The number of carbonyl (C=O) groups excluding carboxylic acids is 1. The predicted octanol–water partition coefficient (Wildman–Crippen LogP) is 3.83. The topological polar surface area (TPSA) is 56.5 Å². The summed E-state index contributed by atoms with van der Waals surface area (Å²) in [6, 6.07) is 0. The number of hydrogen-bond donors (Lipinski definition) is 0. The maximum Gasteiger partial charge on any atom is 0.343 e. The number of aryl methyl sites for hydroxylation is 2. The van der Waals surface area contributed by atoms with Gasteiger partial charge in [-0.25, -0.2) is 14.3 Å². The molecule has 118 valence electrons. The van der Waals surface area contributed by atoms with Crippen LogP contribution < -0.4 is 0 Å². The van der Waals surface area contributed by atoms with Crippen LogP contribution in [0.3, 0.4) is 0 Å². The lowest BCUT2D eigenvalue weighted by Gasteiger charge is -2.15. The van der Waals surface area contributed by atoms with Gasteiger partial charge in [0.25, 0.3) is 0 Å². The molecule has 0 atom stereocenters. The standard InChI is InChI=1S/C16H20ClN3O2/c1-4-22-16(21)13-10(3)19-20-14(17)12(9(2)18-15(13)20)11-7-5-6-8-11/h11H,4-8H2,1-3H3. The first-order valence-corrected chi connectivity index (χ1v) is 8.14. The summed E-state index contributed by atoms with van der Waals surface area (Å²) in [6.07, 6.45) is 4.73. The Bertz CT molecular complexity index is 733. The van der Waals surface area contributed by atoms with Crippen molar-refractivity contribution < 1.29 is 9.53 Å². The summed E-state index contributed by atoms with van der Waals surface area (Å²) in [5, 5.41) is 4.99. The lowest BCUT2D eigenvalue weighted by atomic mass is 9.98. The fourth-order valence-electron chi connectivity index (χ4n) is 3.36. The number of halogens is 1. The van der Waals surface area contributed by atoms with Crippen molar-refractivity contribution in [1.29, 1.82) is 0 Å². The van der Waals surface area contributed by atoms with E-state index >= 15 is 0 Å². The van der Waals surface area contributed by atoms with E-state index in [1.165, 1.54) is 12.8 Å². The lowest BCUT2D eigenvalue weighted by molar-refractivity contribution is 0.0527. The highest BCUT2D eigenvalue weighted by Gasteiger charge is 2.27. The molecule has 1 aliphatic carbocycles. The van der Waals surface area contributed by atoms with Crippen molar-refractivity contribution in [3.8, 4) is 0 Å². The molecule has 1 saturated carbocycles. The van der Waals surface area contributed by atoms with Crippen molar-refractivity contribution in [2.45, 2.75) is 52.4 Å². The molecule has 3 rings (SSSR count). The van der Waals surface area contributed by atoms with Gasteiger partial charge in [0.2, 0.25) is 0 Å². The molecule has 2 heterocycles. The normalized spacial score (nSPS) is 15.6. The zero-order valence-corrected chi connectivity index (χ0v) is 13.9. The molecule has 1 aliphatic rings. The Balaban J connectivity index is 2.19. The number of ether oxygens (including phenoxy) is 1. The highest BCUT2D eigenvalue weighted by molar-refractivity contribution is 6.30. The van der Waals surface area contributed by atoms with Crippen LogP contribution in [0, 0.1) is 13.8 Å². The third-order valence-electron chi connectivity index (χ3n) is 4.35. The third kappa shape index (κ3) is 2.37. The SMILES string of the molecule is CCOC(=O)c1c(C)nn2c(Cl)c(C3CCCC3)c(C)nc12. The Morgan fingerprint density at radius 3 is 2.64 bits per heavy atom. The maximum absolute atomic E-state index is 12.1. The van der Waals surface area contributed by atoms with Gasteiger partial charge in [-0.1, -0.05) is 24.4 Å². The monoisotopic (exact) mass is 321 g/mol. The van der Waals surface area contributed by atoms with Gasteiger partial charge in [0.1, 0.15) is 10.7 Å². The summed E-state index contributed by atoms with van der Waals surface area (Å²) in [7, 11) is 0. The van der Waals surface area contributed by atoms with Gasteiger partial charge in [-0.3, -0.25) is 0 Å². The molecule has 0 unspecified atom stereocenters. The van der Waals surface area contributed by atoms with Gasteiger partial charge in [-0.05, 0) is 39.5 Å². The number of esters is 1. The first-order chi connectivity index (χ1) is 10.5. The third-order valence-corrected chi connectivity index (χ3v) is 4.71. The highest BCUT2D eigenvalue weighted by Crippen LogP contribution is 2.39. The van der Waals surface area contributed by atoms with E-state index in [9.17, 15) is 4.79 Å². The van der Waals surface area contributed by atoms with Gasteiger partial charge in [-0.2, -0.15) is 5.10 Å². The molecular weight excluding hydrogens is 302 g/mol. The average Bonchev–Trinajstić information content (AvgIpc) is 3.07. The van der Waals surface area contributed by atoms with Crippen LogP contribution in [-0.2, 0) is 4.74 Å². The van der Waals surface area contributed by atoms with Crippen LogP contribution in [-0.4, -0.2) is 27.2 Å². The Morgan fingerprint density at radius 2 is 2.00 bits per heavy atom. The van der Waals surface area contributed by atoms with Crippen LogP contribution >= 0.6 is 11.6 Å². The minimum Gasteiger partial charge on any atom is -0.462 e. The maximum atomic E-state index is 12.1. The van der Waals surface area contributed by atoms with E-state index in [0.717, 1.165) is 24.1 Å². The van der Waals surface area contributed by atoms with E-state index in [4.69, 9.17) is 16.3 Å². The summed E-state index contributed by atoms with van der Waals surface area (Å²) >= 11 is 6.60. The molecule has 5 nitrogen and oxygen atoms in total. The molecule has 0 spiro atoms. The average molecular weight is 322 g/mol. The Kier molecular flexibility index (Phi) is 4.08. The molecule has 1 fully saturated rings. The lowest BCUT2D eigenvalue weighted by Crippen LogP contribution is -2.09. The van der Waals surface area contributed by atoms with Gasteiger partial charge >= 0.3 is 5.97 Å². The van der Waals surface area contributed by atoms with E-state index in [0.29, 0.717) is 34.6 Å². The van der Waals surface area contributed by atoms with Crippen molar-refractivity contribution in [2.24, 2.45) is 0 Å². The number of rotatable bonds is 3. The van der Waals surface area contributed by atoms with Crippen LogP contribution in [0.2, 0.25) is 5.15 Å². The number of nitrogens with zero attached hydrogens (tertiary/aromatic N) is 3. The second kappa shape index (κ2) is 5.88. The molecule has 0 N–H and O–H groups in total. The number of aromatic nitrogens is 3. The summed E-state index contributed by atoms with van der Waals surface area (Å²) in [5.74, 6) is 0.0477. The number of fused-ring (bicyclic) bond motifs is 1. The minimum absolute atomic E-state index is 0.322. The molecule has 0 aromatic carbocycles. The summed E-state index contributed by atoms with van der Waals surface area (Å²) in [6.45, 7) is 5.84. The minimum atomic E-state index is -0.397. The summed E-state index contributed by atoms with van der Waals surface area (Å²) < 4.78 is 6.70. The first kappa shape index (κ1) is 15.3. The number of hydrogen-bond acceptors (Lipinski definition) is 4. The van der Waals surface area contributed by atoms with E-state index in [-0.39, 0.29) is 0 Å². The first-order valence-electron chi connectivity index (χ1n) is 7.77. The van der Waals surface area contributed by atoms with Crippen molar-refractivity contribution in [2.75, 3.05) is 6.61 Å².